The van der Waals surface area contributed by atoms with Crippen LogP contribution in [0.2, 0.25) is 0 Å². The summed E-state index contributed by atoms with van der Waals surface area (Å²) in [5.74, 6) is -0.205. The lowest BCUT2D eigenvalue weighted by molar-refractivity contribution is 0.628. The standard InChI is InChI=1S/C13H12FNS/c14-11-5-3-10(4-6-11)13-8-7-12(16-13)2-1-9-15/h1-8H,9,15H2. The van der Waals surface area contributed by atoms with Crippen LogP contribution in [0.15, 0.2) is 42.5 Å². The molecule has 0 radical (unpaired) electrons. The van der Waals surface area contributed by atoms with Crippen molar-refractivity contribution in [3.8, 4) is 10.4 Å². The maximum Gasteiger partial charge on any atom is 0.123 e. The van der Waals surface area contributed by atoms with Crippen LogP contribution in [0.4, 0.5) is 4.39 Å². The van der Waals surface area contributed by atoms with E-state index in [0.29, 0.717) is 6.54 Å². The molecule has 0 spiro atoms. The van der Waals surface area contributed by atoms with E-state index < -0.39 is 0 Å². The number of nitrogens with two attached hydrogens (primary N) is 1. The van der Waals surface area contributed by atoms with Gasteiger partial charge in [0.1, 0.15) is 5.82 Å². The lowest BCUT2D eigenvalue weighted by Gasteiger charge is -1.95. The highest BCUT2D eigenvalue weighted by Gasteiger charge is 2.00. The Hall–Kier alpha value is -1.45. The van der Waals surface area contributed by atoms with Gasteiger partial charge in [-0.2, -0.15) is 0 Å². The first-order valence-corrected chi connectivity index (χ1v) is 5.83. The van der Waals surface area contributed by atoms with Gasteiger partial charge in [-0.25, -0.2) is 4.39 Å². The van der Waals surface area contributed by atoms with Crippen molar-refractivity contribution < 1.29 is 4.39 Å². The van der Waals surface area contributed by atoms with Gasteiger partial charge in [0.25, 0.3) is 0 Å². The molecular weight excluding hydrogens is 221 g/mol. The van der Waals surface area contributed by atoms with Crippen LogP contribution in [0.25, 0.3) is 16.5 Å². The van der Waals surface area contributed by atoms with E-state index in [1.165, 1.54) is 12.1 Å². The van der Waals surface area contributed by atoms with Crippen molar-refractivity contribution in [3.63, 3.8) is 0 Å². The first kappa shape index (κ1) is 11.0. The number of hydrogen-bond donors (Lipinski definition) is 1. The fourth-order valence-corrected chi connectivity index (χ4v) is 2.34. The fraction of sp³-hybridized carbons (Fsp3) is 0.0769. The van der Waals surface area contributed by atoms with Crippen LogP contribution in [0.1, 0.15) is 4.88 Å². The first-order valence-electron chi connectivity index (χ1n) is 5.02. The molecule has 2 rings (SSSR count). The van der Waals surface area contributed by atoms with Gasteiger partial charge < -0.3 is 5.73 Å². The lowest BCUT2D eigenvalue weighted by atomic mass is 10.2. The highest BCUT2D eigenvalue weighted by atomic mass is 32.1. The largest absolute Gasteiger partial charge is 0.327 e. The number of benzene rings is 1. The molecule has 0 atom stereocenters. The van der Waals surface area contributed by atoms with Crippen molar-refractivity contribution in [3.05, 3.63) is 53.2 Å². The Labute approximate surface area is 98.0 Å². The van der Waals surface area contributed by atoms with Gasteiger partial charge in [-0.05, 0) is 35.9 Å². The Morgan fingerprint density at radius 2 is 1.88 bits per heavy atom. The molecule has 16 heavy (non-hydrogen) atoms. The third-order valence-corrected chi connectivity index (χ3v) is 3.27. The molecule has 0 aliphatic rings. The van der Waals surface area contributed by atoms with E-state index in [2.05, 4.69) is 0 Å². The van der Waals surface area contributed by atoms with Crippen LogP contribution in [-0.4, -0.2) is 6.54 Å². The summed E-state index contributed by atoms with van der Waals surface area (Å²) in [7, 11) is 0. The van der Waals surface area contributed by atoms with Gasteiger partial charge in [0, 0.05) is 16.3 Å². The van der Waals surface area contributed by atoms with Crippen LogP contribution in [0.3, 0.4) is 0 Å². The topological polar surface area (TPSA) is 26.0 Å². The molecule has 1 aromatic carbocycles. The summed E-state index contributed by atoms with van der Waals surface area (Å²) in [5, 5.41) is 0. The van der Waals surface area contributed by atoms with Crippen LogP contribution < -0.4 is 5.73 Å². The van der Waals surface area contributed by atoms with Crippen LogP contribution in [0, 0.1) is 5.82 Å². The summed E-state index contributed by atoms with van der Waals surface area (Å²) in [6.07, 6.45) is 3.91. The molecule has 0 aliphatic heterocycles. The minimum atomic E-state index is -0.205. The molecule has 1 nitrogen and oxygen atoms in total. The van der Waals surface area contributed by atoms with Crippen molar-refractivity contribution in [1.29, 1.82) is 0 Å². The molecule has 0 aliphatic carbocycles. The van der Waals surface area contributed by atoms with Crippen LogP contribution in [0.5, 0.6) is 0 Å². The minimum absolute atomic E-state index is 0.205. The zero-order valence-corrected chi connectivity index (χ0v) is 9.51. The number of hydrogen-bond acceptors (Lipinski definition) is 2. The van der Waals surface area contributed by atoms with E-state index in [-0.39, 0.29) is 5.82 Å². The average molecular weight is 233 g/mol. The van der Waals surface area contributed by atoms with E-state index >= 15 is 0 Å². The van der Waals surface area contributed by atoms with Gasteiger partial charge in [-0.3, -0.25) is 0 Å². The molecule has 0 bridgehead atoms. The second-order valence-electron chi connectivity index (χ2n) is 3.35. The Morgan fingerprint density at radius 1 is 1.12 bits per heavy atom. The zero-order valence-electron chi connectivity index (χ0n) is 8.69. The molecule has 1 heterocycles. The summed E-state index contributed by atoms with van der Waals surface area (Å²) < 4.78 is 12.8. The summed E-state index contributed by atoms with van der Waals surface area (Å²) in [6, 6.07) is 10.6. The molecule has 2 aromatic rings. The molecule has 0 fully saturated rings. The van der Waals surface area contributed by atoms with Gasteiger partial charge in [0.05, 0.1) is 0 Å². The van der Waals surface area contributed by atoms with Crippen LogP contribution in [-0.2, 0) is 0 Å². The molecule has 82 valence electrons. The SMILES string of the molecule is NCC=Cc1ccc(-c2ccc(F)cc2)s1. The normalized spacial score (nSPS) is 11.1. The number of thiophene rings is 1. The van der Waals surface area contributed by atoms with Gasteiger partial charge in [0.2, 0.25) is 0 Å². The quantitative estimate of drug-likeness (QED) is 0.862. The zero-order chi connectivity index (χ0) is 11.4. The predicted octanol–water partition coefficient (Wildman–Crippen LogP) is 3.53. The average Bonchev–Trinajstić information content (AvgIpc) is 2.76. The van der Waals surface area contributed by atoms with Crippen molar-refractivity contribution in [2.24, 2.45) is 5.73 Å². The highest BCUT2D eigenvalue weighted by molar-refractivity contribution is 7.16. The Kier molecular flexibility index (Phi) is 3.49. The van der Waals surface area contributed by atoms with E-state index in [9.17, 15) is 4.39 Å². The third-order valence-electron chi connectivity index (χ3n) is 2.17. The second-order valence-corrected chi connectivity index (χ2v) is 4.46. The highest BCUT2D eigenvalue weighted by Crippen LogP contribution is 2.28. The van der Waals surface area contributed by atoms with Crippen molar-refractivity contribution in [2.75, 3.05) is 6.54 Å². The maximum atomic E-state index is 12.8. The smallest absolute Gasteiger partial charge is 0.123 e. The lowest BCUT2D eigenvalue weighted by Crippen LogP contribution is -1.91. The van der Waals surface area contributed by atoms with Crippen molar-refractivity contribution in [2.45, 2.75) is 0 Å². The molecular formula is C13H12FNS. The molecule has 0 unspecified atom stereocenters. The van der Waals surface area contributed by atoms with Gasteiger partial charge in [-0.1, -0.05) is 18.2 Å². The number of rotatable bonds is 3. The first-order chi connectivity index (χ1) is 7.79. The van der Waals surface area contributed by atoms with Gasteiger partial charge in [-0.15, -0.1) is 11.3 Å². The van der Waals surface area contributed by atoms with E-state index in [1.54, 1.807) is 23.5 Å². The molecule has 0 amide bonds. The van der Waals surface area contributed by atoms with Crippen LogP contribution >= 0.6 is 11.3 Å². The van der Waals surface area contributed by atoms with Crippen molar-refractivity contribution >= 4 is 17.4 Å². The molecule has 1 aromatic heterocycles. The maximum absolute atomic E-state index is 12.8. The summed E-state index contributed by atoms with van der Waals surface area (Å²) in [4.78, 5) is 2.29. The van der Waals surface area contributed by atoms with E-state index in [1.807, 2.05) is 24.3 Å². The molecule has 3 heteroatoms. The minimum Gasteiger partial charge on any atom is -0.327 e. The summed E-state index contributed by atoms with van der Waals surface area (Å²) in [6.45, 7) is 0.545. The molecule has 0 saturated heterocycles. The number of halogens is 1. The second kappa shape index (κ2) is 5.05. The fourth-order valence-electron chi connectivity index (χ4n) is 1.40. The monoisotopic (exact) mass is 233 g/mol. The third kappa shape index (κ3) is 2.56. The Balaban J connectivity index is 2.24. The van der Waals surface area contributed by atoms with Gasteiger partial charge >= 0.3 is 0 Å². The predicted molar refractivity (Wildman–Crippen MR) is 67.8 cm³/mol. The molecule has 2 N–H and O–H groups in total. The summed E-state index contributed by atoms with van der Waals surface area (Å²) >= 11 is 1.67. The van der Waals surface area contributed by atoms with E-state index in [0.717, 1.165) is 15.3 Å². The molecule has 0 saturated carbocycles. The Bertz CT molecular complexity index is 485. The van der Waals surface area contributed by atoms with Gasteiger partial charge in [0.15, 0.2) is 0 Å². The summed E-state index contributed by atoms with van der Waals surface area (Å²) in [5.41, 5.74) is 6.43. The van der Waals surface area contributed by atoms with Crippen molar-refractivity contribution in [1.82, 2.24) is 0 Å². The van der Waals surface area contributed by atoms with E-state index in [4.69, 9.17) is 5.73 Å². The Morgan fingerprint density at radius 3 is 2.56 bits per heavy atom.